The van der Waals surface area contributed by atoms with Crippen LogP contribution >= 0.6 is 0 Å². The number of aromatic amines is 1. The zero-order valence-electron chi connectivity index (χ0n) is 8.97. The normalized spacial score (nSPS) is 9.88. The molecule has 2 aromatic rings. The third kappa shape index (κ3) is 2.31. The number of hydrogen-bond donors (Lipinski definition) is 3. The molecule has 4 N–H and O–H groups in total. The van der Waals surface area contributed by atoms with Crippen molar-refractivity contribution in [3.8, 4) is 0 Å². The lowest BCUT2D eigenvalue weighted by molar-refractivity contribution is 0.0997. The van der Waals surface area contributed by atoms with Crippen LogP contribution < -0.4 is 11.1 Å². The highest BCUT2D eigenvalue weighted by Crippen LogP contribution is 2.16. The van der Waals surface area contributed by atoms with Crippen LogP contribution in [0.25, 0.3) is 5.70 Å². The number of carbonyl (C=O) groups excluding carboxylic acids is 1. The molecule has 2 heterocycles. The SMILES string of the molecule is C=C(Nc1nc[nH]c1C(N)=O)c1cccnc1. The van der Waals surface area contributed by atoms with Crippen LogP contribution in [-0.2, 0) is 0 Å². The topological polar surface area (TPSA) is 96.7 Å². The van der Waals surface area contributed by atoms with Gasteiger partial charge in [0.25, 0.3) is 5.91 Å². The number of anilines is 1. The van der Waals surface area contributed by atoms with Crippen molar-refractivity contribution < 1.29 is 4.79 Å². The number of aromatic nitrogens is 3. The van der Waals surface area contributed by atoms with Crippen molar-refractivity contribution in [2.45, 2.75) is 0 Å². The molecule has 0 bridgehead atoms. The van der Waals surface area contributed by atoms with Crippen molar-refractivity contribution in [3.63, 3.8) is 0 Å². The van der Waals surface area contributed by atoms with Gasteiger partial charge < -0.3 is 16.0 Å². The van der Waals surface area contributed by atoms with Gasteiger partial charge in [-0.15, -0.1) is 0 Å². The van der Waals surface area contributed by atoms with E-state index >= 15 is 0 Å². The molecule has 0 unspecified atom stereocenters. The van der Waals surface area contributed by atoms with E-state index in [4.69, 9.17) is 5.73 Å². The zero-order valence-corrected chi connectivity index (χ0v) is 8.97. The largest absolute Gasteiger partial charge is 0.364 e. The molecule has 0 aromatic carbocycles. The average Bonchev–Trinajstić information content (AvgIpc) is 2.78. The molecule has 6 heteroatoms. The summed E-state index contributed by atoms with van der Waals surface area (Å²) in [6, 6.07) is 3.64. The maximum absolute atomic E-state index is 11.1. The molecule has 0 aliphatic carbocycles. The van der Waals surface area contributed by atoms with Gasteiger partial charge in [0.1, 0.15) is 5.69 Å². The number of amides is 1. The van der Waals surface area contributed by atoms with Gasteiger partial charge in [0.2, 0.25) is 0 Å². The summed E-state index contributed by atoms with van der Waals surface area (Å²) in [6.07, 6.45) is 4.71. The van der Waals surface area contributed by atoms with Crippen LogP contribution in [0.4, 0.5) is 5.82 Å². The van der Waals surface area contributed by atoms with Gasteiger partial charge >= 0.3 is 0 Å². The lowest BCUT2D eigenvalue weighted by Gasteiger charge is -2.07. The van der Waals surface area contributed by atoms with E-state index in [0.29, 0.717) is 11.5 Å². The van der Waals surface area contributed by atoms with Crippen LogP contribution in [-0.4, -0.2) is 20.9 Å². The number of nitrogens with one attached hydrogen (secondary N) is 2. The second-order valence-electron chi connectivity index (χ2n) is 3.34. The minimum atomic E-state index is -0.580. The monoisotopic (exact) mass is 229 g/mol. The van der Waals surface area contributed by atoms with Crippen LogP contribution in [0, 0.1) is 0 Å². The molecule has 6 nitrogen and oxygen atoms in total. The third-order valence-electron chi connectivity index (χ3n) is 2.17. The summed E-state index contributed by atoms with van der Waals surface area (Å²) < 4.78 is 0. The van der Waals surface area contributed by atoms with E-state index in [0.717, 1.165) is 5.56 Å². The molecule has 0 aliphatic rings. The van der Waals surface area contributed by atoms with Crippen molar-refractivity contribution in [2.75, 3.05) is 5.32 Å². The number of nitrogens with two attached hydrogens (primary N) is 1. The predicted molar refractivity (Wildman–Crippen MR) is 64.0 cm³/mol. The van der Waals surface area contributed by atoms with Crippen molar-refractivity contribution >= 4 is 17.4 Å². The number of pyridine rings is 1. The maximum atomic E-state index is 11.1. The smallest absolute Gasteiger partial charge is 0.269 e. The summed E-state index contributed by atoms with van der Waals surface area (Å²) in [7, 11) is 0. The van der Waals surface area contributed by atoms with Gasteiger partial charge in [-0.3, -0.25) is 9.78 Å². The average molecular weight is 229 g/mol. The van der Waals surface area contributed by atoms with Crippen LogP contribution in [0.3, 0.4) is 0 Å². The molecule has 2 aromatic heterocycles. The van der Waals surface area contributed by atoms with Gasteiger partial charge in [-0.05, 0) is 12.1 Å². The Bertz CT molecular complexity index is 546. The summed E-state index contributed by atoms with van der Waals surface area (Å²) in [4.78, 5) is 21.7. The molecular formula is C11H11N5O. The fourth-order valence-corrected chi connectivity index (χ4v) is 1.33. The lowest BCUT2D eigenvalue weighted by atomic mass is 10.2. The van der Waals surface area contributed by atoms with Gasteiger partial charge in [-0.25, -0.2) is 4.98 Å². The Kier molecular flexibility index (Phi) is 2.87. The van der Waals surface area contributed by atoms with E-state index < -0.39 is 5.91 Å². The summed E-state index contributed by atoms with van der Waals surface area (Å²) in [5.74, 6) is -0.227. The number of nitrogens with zero attached hydrogens (tertiary/aromatic N) is 2. The molecule has 0 radical (unpaired) electrons. The van der Waals surface area contributed by atoms with Crippen molar-refractivity contribution in [1.29, 1.82) is 0 Å². The summed E-state index contributed by atoms with van der Waals surface area (Å²) in [5, 5.41) is 2.91. The van der Waals surface area contributed by atoms with Crippen LogP contribution in [0.5, 0.6) is 0 Å². The molecule has 0 spiro atoms. The summed E-state index contributed by atoms with van der Waals surface area (Å²) in [6.45, 7) is 3.84. The highest BCUT2D eigenvalue weighted by Gasteiger charge is 2.11. The second-order valence-corrected chi connectivity index (χ2v) is 3.34. The number of imidazole rings is 1. The van der Waals surface area contributed by atoms with Crippen LogP contribution in [0.2, 0.25) is 0 Å². The molecule has 17 heavy (non-hydrogen) atoms. The van der Waals surface area contributed by atoms with Gasteiger partial charge in [0, 0.05) is 23.7 Å². The zero-order chi connectivity index (χ0) is 12.3. The van der Waals surface area contributed by atoms with E-state index in [-0.39, 0.29) is 5.69 Å². The quantitative estimate of drug-likeness (QED) is 0.728. The number of primary amides is 1. The number of hydrogen-bond acceptors (Lipinski definition) is 4. The fraction of sp³-hybridized carbons (Fsp3) is 0. The minimum absolute atomic E-state index is 0.218. The number of carbonyl (C=O) groups is 1. The molecule has 2 rings (SSSR count). The second kappa shape index (κ2) is 4.48. The van der Waals surface area contributed by atoms with E-state index in [9.17, 15) is 4.79 Å². The number of rotatable bonds is 4. The Hall–Kier alpha value is -2.63. The molecule has 0 aliphatic heterocycles. The van der Waals surface area contributed by atoms with E-state index in [1.165, 1.54) is 6.33 Å². The van der Waals surface area contributed by atoms with E-state index in [1.54, 1.807) is 18.5 Å². The molecular weight excluding hydrogens is 218 g/mol. The van der Waals surface area contributed by atoms with Gasteiger partial charge in [-0.2, -0.15) is 0 Å². The first-order valence-corrected chi connectivity index (χ1v) is 4.88. The summed E-state index contributed by atoms with van der Waals surface area (Å²) >= 11 is 0. The molecule has 0 saturated heterocycles. The first-order valence-electron chi connectivity index (χ1n) is 4.88. The molecule has 0 atom stereocenters. The Labute approximate surface area is 97.6 Å². The van der Waals surface area contributed by atoms with Crippen molar-refractivity contribution in [1.82, 2.24) is 15.0 Å². The van der Waals surface area contributed by atoms with E-state index in [2.05, 4.69) is 26.8 Å². The lowest BCUT2D eigenvalue weighted by Crippen LogP contribution is -2.14. The van der Waals surface area contributed by atoms with Crippen LogP contribution in [0.15, 0.2) is 37.4 Å². The standard InChI is InChI=1S/C11H11N5O/c1-7(8-3-2-4-13-5-8)16-11-9(10(12)17)14-6-15-11/h2-6,16H,1H2,(H2,12,17)(H,14,15). The molecule has 0 saturated carbocycles. The Morgan fingerprint density at radius 3 is 3.00 bits per heavy atom. The highest BCUT2D eigenvalue weighted by atomic mass is 16.1. The van der Waals surface area contributed by atoms with E-state index in [1.807, 2.05) is 6.07 Å². The predicted octanol–water partition coefficient (Wildman–Crippen LogP) is 0.986. The Morgan fingerprint density at radius 2 is 2.35 bits per heavy atom. The third-order valence-corrected chi connectivity index (χ3v) is 2.17. The number of H-pyrrole nitrogens is 1. The van der Waals surface area contributed by atoms with Crippen LogP contribution in [0.1, 0.15) is 16.1 Å². The Balaban J connectivity index is 2.19. The highest BCUT2D eigenvalue weighted by molar-refractivity contribution is 5.97. The van der Waals surface area contributed by atoms with Gasteiger partial charge in [0.05, 0.1) is 6.33 Å². The first-order chi connectivity index (χ1) is 8.18. The van der Waals surface area contributed by atoms with Crippen molar-refractivity contribution in [3.05, 3.63) is 48.7 Å². The van der Waals surface area contributed by atoms with Gasteiger partial charge in [0.15, 0.2) is 5.82 Å². The Morgan fingerprint density at radius 1 is 1.53 bits per heavy atom. The maximum Gasteiger partial charge on any atom is 0.269 e. The first kappa shape index (κ1) is 10.9. The van der Waals surface area contributed by atoms with Gasteiger partial charge in [-0.1, -0.05) is 6.58 Å². The minimum Gasteiger partial charge on any atom is -0.364 e. The molecule has 1 amide bonds. The summed E-state index contributed by atoms with van der Waals surface area (Å²) in [5.41, 5.74) is 6.80. The fourth-order valence-electron chi connectivity index (χ4n) is 1.33. The van der Waals surface area contributed by atoms with Crippen molar-refractivity contribution in [2.24, 2.45) is 5.73 Å². The molecule has 0 fully saturated rings. The molecule has 86 valence electrons.